The second-order valence-corrected chi connectivity index (χ2v) is 5.58. The average Bonchev–Trinajstić information content (AvgIpc) is 2.57. The van der Waals surface area contributed by atoms with Crippen molar-refractivity contribution < 1.29 is 9.53 Å². The zero-order valence-corrected chi connectivity index (χ0v) is 14.2. The number of hydrogen-bond donors (Lipinski definition) is 1. The van der Waals surface area contributed by atoms with Crippen molar-refractivity contribution in [1.82, 2.24) is 5.43 Å². The van der Waals surface area contributed by atoms with Crippen LogP contribution in [0.15, 0.2) is 53.6 Å². The Hall–Kier alpha value is -2.88. The van der Waals surface area contributed by atoms with Gasteiger partial charge in [-0.2, -0.15) is 5.10 Å². The van der Waals surface area contributed by atoms with E-state index in [2.05, 4.69) is 16.6 Å². The van der Waals surface area contributed by atoms with E-state index in [0.29, 0.717) is 0 Å². The van der Waals surface area contributed by atoms with Crippen LogP contribution in [0.2, 0.25) is 0 Å². The van der Waals surface area contributed by atoms with Crippen molar-refractivity contribution in [2.45, 2.75) is 20.8 Å². The molecular weight excluding hydrogens is 300 g/mol. The van der Waals surface area contributed by atoms with Crippen molar-refractivity contribution in [3.05, 3.63) is 70.8 Å². The van der Waals surface area contributed by atoms with Gasteiger partial charge in [0.2, 0.25) is 0 Å². The van der Waals surface area contributed by atoms with Crippen LogP contribution in [-0.2, 0) is 4.79 Å². The molecular formula is C20H22N2O2. The lowest BCUT2D eigenvalue weighted by Gasteiger charge is -2.11. The predicted molar refractivity (Wildman–Crippen MR) is 98.3 cm³/mol. The van der Waals surface area contributed by atoms with Gasteiger partial charge < -0.3 is 4.74 Å². The number of hydrogen-bond acceptors (Lipinski definition) is 3. The fourth-order valence-electron chi connectivity index (χ4n) is 2.20. The third kappa shape index (κ3) is 5.39. The van der Waals surface area contributed by atoms with Gasteiger partial charge in [0.15, 0.2) is 6.61 Å². The first-order valence-corrected chi connectivity index (χ1v) is 7.80. The first-order chi connectivity index (χ1) is 11.6. The molecule has 0 aliphatic carbocycles. The molecule has 0 fully saturated rings. The Morgan fingerprint density at radius 2 is 1.92 bits per heavy atom. The minimum absolute atomic E-state index is 0.0660. The molecule has 1 amide bonds. The quantitative estimate of drug-likeness (QED) is 0.649. The minimum atomic E-state index is -0.294. The van der Waals surface area contributed by atoms with E-state index in [0.717, 1.165) is 28.0 Å². The molecule has 0 aliphatic heterocycles. The number of allylic oxidation sites excluding steroid dienone is 1. The van der Waals surface area contributed by atoms with E-state index in [9.17, 15) is 4.79 Å². The number of nitrogens with one attached hydrogen (secondary N) is 1. The van der Waals surface area contributed by atoms with Crippen LogP contribution in [0.1, 0.15) is 22.3 Å². The highest BCUT2D eigenvalue weighted by Crippen LogP contribution is 2.23. The van der Waals surface area contributed by atoms with Crippen molar-refractivity contribution in [2.24, 2.45) is 5.10 Å². The van der Waals surface area contributed by atoms with E-state index in [1.807, 2.05) is 63.2 Å². The summed E-state index contributed by atoms with van der Waals surface area (Å²) in [5.74, 6) is 0.438. The van der Waals surface area contributed by atoms with E-state index in [4.69, 9.17) is 4.74 Å². The Morgan fingerprint density at radius 3 is 2.67 bits per heavy atom. The summed E-state index contributed by atoms with van der Waals surface area (Å²) in [5, 5.41) is 3.86. The zero-order valence-electron chi connectivity index (χ0n) is 14.2. The number of carbonyl (C=O) groups is 1. The molecule has 2 aromatic rings. The Morgan fingerprint density at radius 1 is 1.17 bits per heavy atom. The summed E-state index contributed by atoms with van der Waals surface area (Å²) in [6, 6.07) is 13.9. The molecule has 2 aromatic carbocycles. The number of carbonyl (C=O) groups excluding carboxylic acids is 1. The maximum Gasteiger partial charge on any atom is 0.277 e. The third-order valence-corrected chi connectivity index (χ3v) is 3.56. The first kappa shape index (κ1) is 17.5. The van der Waals surface area contributed by atoms with Crippen molar-refractivity contribution in [2.75, 3.05) is 6.61 Å². The molecule has 0 unspecified atom stereocenters. The van der Waals surface area contributed by atoms with Gasteiger partial charge in [-0.3, -0.25) is 4.79 Å². The molecule has 0 saturated carbocycles. The van der Waals surface area contributed by atoms with Crippen LogP contribution in [0.4, 0.5) is 0 Å². The lowest BCUT2D eigenvalue weighted by molar-refractivity contribution is -0.123. The SMILES string of the molecule is Cc1cc(C)c(C)c(OCC(=O)N/N=C/C=C/c2ccccc2)c1. The van der Waals surface area contributed by atoms with Gasteiger partial charge in [-0.1, -0.05) is 42.5 Å². The number of rotatable bonds is 6. The van der Waals surface area contributed by atoms with Crippen LogP contribution in [0.3, 0.4) is 0 Å². The molecule has 2 rings (SSSR count). The highest BCUT2D eigenvalue weighted by Gasteiger charge is 2.06. The smallest absolute Gasteiger partial charge is 0.277 e. The number of ether oxygens (including phenoxy) is 1. The lowest BCUT2D eigenvalue weighted by atomic mass is 10.1. The molecule has 0 radical (unpaired) electrons. The topological polar surface area (TPSA) is 50.7 Å². The monoisotopic (exact) mass is 322 g/mol. The molecule has 24 heavy (non-hydrogen) atoms. The molecule has 0 bridgehead atoms. The molecule has 0 aromatic heterocycles. The number of amides is 1. The molecule has 0 aliphatic rings. The number of hydrazone groups is 1. The zero-order chi connectivity index (χ0) is 17.4. The van der Waals surface area contributed by atoms with E-state index < -0.39 is 0 Å². The van der Waals surface area contributed by atoms with E-state index >= 15 is 0 Å². The van der Waals surface area contributed by atoms with Crippen LogP contribution in [0, 0.1) is 20.8 Å². The van der Waals surface area contributed by atoms with Gasteiger partial charge in [-0.15, -0.1) is 0 Å². The first-order valence-electron chi connectivity index (χ1n) is 7.80. The van der Waals surface area contributed by atoms with Crippen LogP contribution in [0.5, 0.6) is 5.75 Å². The average molecular weight is 322 g/mol. The summed E-state index contributed by atoms with van der Waals surface area (Å²) >= 11 is 0. The molecule has 0 saturated heterocycles. The van der Waals surface area contributed by atoms with Crippen molar-refractivity contribution in [3.63, 3.8) is 0 Å². The normalized spacial score (nSPS) is 11.1. The Labute approximate surface area is 142 Å². The summed E-state index contributed by atoms with van der Waals surface area (Å²) < 4.78 is 5.58. The van der Waals surface area contributed by atoms with Crippen LogP contribution >= 0.6 is 0 Å². The highest BCUT2D eigenvalue weighted by atomic mass is 16.5. The van der Waals surface area contributed by atoms with Crippen molar-refractivity contribution in [3.8, 4) is 5.75 Å². The van der Waals surface area contributed by atoms with Crippen molar-refractivity contribution >= 4 is 18.2 Å². The number of nitrogens with zero attached hydrogens (tertiary/aromatic N) is 1. The minimum Gasteiger partial charge on any atom is -0.483 e. The highest BCUT2D eigenvalue weighted by molar-refractivity contribution is 5.82. The van der Waals surface area contributed by atoms with Gasteiger partial charge in [-0.25, -0.2) is 5.43 Å². The summed E-state index contributed by atoms with van der Waals surface area (Å²) in [7, 11) is 0. The van der Waals surface area contributed by atoms with Gasteiger partial charge in [0.05, 0.1) is 0 Å². The molecule has 0 spiro atoms. The van der Waals surface area contributed by atoms with Gasteiger partial charge in [0, 0.05) is 6.21 Å². The lowest BCUT2D eigenvalue weighted by Crippen LogP contribution is -2.24. The Bertz CT molecular complexity index is 750. The second kappa shape index (κ2) is 8.67. The molecule has 1 N–H and O–H groups in total. The maximum absolute atomic E-state index is 11.8. The molecule has 124 valence electrons. The van der Waals surface area contributed by atoms with Crippen LogP contribution in [0.25, 0.3) is 6.08 Å². The fourth-order valence-corrected chi connectivity index (χ4v) is 2.20. The summed E-state index contributed by atoms with van der Waals surface area (Å²) in [6.45, 7) is 5.94. The largest absolute Gasteiger partial charge is 0.483 e. The molecule has 0 atom stereocenters. The number of aryl methyl sites for hydroxylation is 2. The molecule has 0 heterocycles. The summed E-state index contributed by atoms with van der Waals surface area (Å²) in [6.07, 6.45) is 5.21. The molecule has 4 nitrogen and oxygen atoms in total. The maximum atomic E-state index is 11.8. The van der Waals surface area contributed by atoms with Gasteiger partial charge in [0.25, 0.3) is 5.91 Å². The molecule has 4 heteroatoms. The van der Waals surface area contributed by atoms with Crippen molar-refractivity contribution in [1.29, 1.82) is 0 Å². The van der Waals surface area contributed by atoms with Crippen LogP contribution < -0.4 is 10.2 Å². The van der Waals surface area contributed by atoms with Gasteiger partial charge in [-0.05, 0) is 55.2 Å². The van der Waals surface area contributed by atoms with Gasteiger partial charge in [0.1, 0.15) is 5.75 Å². The van der Waals surface area contributed by atoms with Crippen LogP contribution in [-0.4, -0.2) is 18.7 Å². The fraction of sp³-hybridized carbons (Fsp3) is 0.200. The Kier molecular flexibility index (Phi) is 6.32. The standard InChI is InChI=1S/C20H22N2O2/c1-15-12-16(2)17(3)19(13-15)24-14-20(23)22-21-11-7-10-18-8-5-4-6-9-18/h4-13H,14H2,1-3H3,(H,22,23)/b10-7+,21-11+. The van der Waals surface area contributed by atoms with E-state index in [-0.39, 0.29) is 12.5 Å². The van der Waals surface area contributed by atoms with Gasteiger partial charge >= 0.3 is 0 Å². The second-order valence-electron chi connectivity index (χ2n) is 5.58. The Balaban J connectivity index is 1.80. The summed E-state index contributed by atoms with van der Waals surface area (Å²) in [4.78, 5) is 11.8. The third-order valence-electron chi connectivity index (χ3n) is 3.56. The van der Waals surface area contributed by atoms with E-state index in [1.54, 1.807) is 6.08 Å². The number of benzene rings is 2. The van der Waals surface area contributed by atoms with E-state index in [1.165, 1.54) is 6.21 Å². The predicted octanol–water partition coefficient (Wildman–Crippen LogP) is 3.81. The summed E-state index contributed by atoms with van der Waals surface area (Å²) in [5.41, 5.74) is 6.82.